The molecule has 0 saturated carbocycles. The van der Waals surface area contributed by atoms with Gasteiger partial charge >= 0.3 is 0 Å². The lowest BCUT2D eigenvalue weighted by Gasteiger charge is -2.09. The third kappa shape index (κ3) is 5.47. The van der Waals surface area contributed by atoms with E-state index in [1.807, 2.05) is 43.3 Å². The Hall–Kier alpha value is -3.07. The summed E-state index contributed by atoms with van der Waals surface area (Å²) in [6.45, 7) is 4.42. The molecule has 0 bridgehead atoms. The van der Waals surface area contributed by atoms with Gasteiger partial charge in [-0.1, -0.05) is 25.5 Å². The molecule has 2 N–H and O–H groups in total. The predicted octanol–water partition coefficient (Wildman–Crippen LogP) is 5.60. The molecule has 1 amide bonds. The molecule has 0 aliphatic heterocycles. The van der Waals surface area contributed by atoms with Crippen LogP contribution in [0, 0.1) is 6.92 Å². The van der Waals surface area contributed by atoms with Gasteiger partial charge in [0.25, 0.3) is 5.91 Å². The highest BCUT2D eigenvalue weighted by atomic mass is 32.2. The summed E-state index contributed by atoms with van der Waals surface area (Å²) in [4.78, 5) is 17.5. The highest BCUT2D eigenvalue weighted by Gasteiger charge is 2.16. The zero-order valence-electron chi connectivity index (χ0n) is 18.5. The number of hydrogen-bond acceptors (Lipinski definition) is 5. The van der Waals surface area contributed by atoms with Gasteiger partial charge < -0.3 is 5.32 Å². The molecule has 1 heterocycles. The van der Waals surface area contributed by atoms with E-state index in [1.165, 1.54) is 17.7 Å². The molecule has 0 radical (unpaired) electrons. The summed E-state index contributed by atoms with van der Waals surface area (Å²) in [5.41, 5.74) is 4.04. The lowest BCUT2D eigenvalue weighted by molar-refractivity contribution is 0.102. The van der Waals surface area contributed by atoms with Crippen molar-refractivity contribution in [3.8, 4) is 10.6 Å². The van der Waals surface area contributed by atoms with Gasteiger partial charge in [-0.15, -0.1) is 11.3 Å². The number of carbonyl (C=O) groups is 1. The molecular formula is C25H25N3O3S2. The maximum atomic E-state index is 12.7. The van der Waals surface area contributed by atoms with E-state index >= 15 is 0 Å². The van der Waals surface area contributed by atoms with E-state index < -0.39 is 10.0 Å². The number of unbranched alkanes of at least 4 members (excludes halogenated alkanes) is 1. The van der Waals surface area contributed by atoms with Gasteiger partial charge in [-0.25, -0.2) is 18.1 Å². The van der Waals surface area contributed by atoms with E-state index in [0.717, 1.165) is 33.6 Å². The topological polar surface area (TPSA) is 88.2 Å². The number of hydrogen-bond donors (Lipinski definition) is 2. The Morgan fingerprint density at radius 2 is 1.82 bits per heavy atom. The lowest BCUT2D eigenvalue weighted by Crippen LogP contribution is -2.25. The largest absolute Gasteiger partial charge is 0.322 e. The minimum Gasteiger partial charge on any atom is -0.322 e. The van der Waals surface area contributed by atoms with Crippen molar-refractivity contribution in [2.45, 2.75) is 31.6 Å². The average molecular weight is 480 g/mol. The Morgan fingerprint density at radius 1 is 1.03 bits per heavy atom. The number of sulfonamides is 1. The molecule has 0 saturated heterocycles. The number of nitrogens with one attached hydrogen (secondary N) is 2. The Kier molecular flexibility index (Phi) is 6.88. The van der Waals surface area contributed by atoms with E-state index in [9.17, 15) is 13.2 Å². The summed E-state index contributed by atoms with van der Waals surface area (Å²) in [6, 6.07) is 19.7. The van der Waals surface area contributed by atoms with Crippen LogP contribution in [0.2, 0.25) is 0 Å². The van der Waals surface area contributed by atoms with Crippen molar-refractivity contribution in [1.29, 1.82) is 0 Å². The van der Waals surface area contributed by atoms with Gasteiger partial charge in [-0.05, 0) is 73.5 Å². The molecule has 0 atom stereocenters. The van der Waals surface area contributed by atoms with E-state index in [1.54, 1.807) is 23.5 Å². The normalized spacial score (nSPS) is 11.6. The van der Waals surface area contributed by atoms with Crippen LogP contribution in [-0.2, 0) is 10.0 Å². The summed E-state index contributed by atoms with van der Waals surface area (Å²) in [5, 5.41) is 3.75. The van der Waals surface area contributed by atoms with E-state index in [4.69, 9.17) is 0 Å². The van der Waals surface area contributed by atoms with E-state index in [0.29, 0.717) is 12.2 Å². The number of anilines is 1. The monoisotopic (exact) mass is 479 g/mol. The lowest BCUT2D eigenvalue weighted by atomic mass is 10.2. The number of thiazole rings is 1. The van der Waals surface area contributed by atoms with Crippen LogP contribution in [0.25, 0.3) is 20.8 Å². The number of nitrogens with zero attached hydrogens (tertiary/aromatic N) is 1. The van der Waals surface area contributed by atoms with Gasteiger partial charge in [0.05, 0.1) is 15.1 Å². The second-order valence-electron chi connectivity index (χ2n) is 7.80. The van der Waals surface area contributed by atoms with Gasteiger partial charge in [0, 0.05) is 23.4 Å². The van der Waals surface area contributed by atoms with Crippen LogP contribution in [0.1, 0.15) is 35.7 Å². The Morgan fingerprint density at radius 3 is 2.58 bits per heavy atom. The molecule has 0 aliphatic carbocycles. The first kappa shape index (κ1) is 23.1. The molecule has 0 unspecified atom stereocenters. The van der Waals surface area contributed by atoms with Crippen molar-refractivity contribution in [2.24, 2.45) is 0 Å². The van der Waals surface area contributed by atoms with Crippen molar-refractivity contribution < 1.29 is 13.2 Å². The number of carbonyl (C=O) groups excluding carboxylic acids is 1. The minimum absolute atomic E-state index is 0.0765. The van der Waals surface area contributed by atoms with Crippen molar-refractivity contribution >= 4 is 43.2 Å². The molecule has 170 valence electrons. The van der Waals surface area contributed by atoms with Crippen LogP contribution in [0.5, 0.6) is 0 Å². The fourth-order valence-electron chi connectivity index (χ4n) is 3.33. The number of rotatable bonds is 8. The Balaban J connectivity index is 1.47. The summed E-state index contributed by atoms with van der Waals surface area (Å²) >= 11 is 1.63. The summed E-state index contributed by atoms with van der Waals surface area (Å²) < 4.78 is 28.6. The zero-order chi connectivity index (χ0) is 23.4. The van der Waals surface area contributed by atoms with Crippen LogP contribution in [0.15, 0.2) is 71.6 Å². The fraction of sp³-hybridized carbons (Fsp3) is 0.200. The fourth-order valence-corrected chi connectivity index (χ4v) is 5.51. The van der Waals surface area contributed by atoms with Crippen LogP contribution < -0.4 is 10.0 Å². The van der Waals surface area contributed by atoms with E-state index in [2.05, 4.69) is 28.0 Å². The highest BCUT2D eigenvalue weighted by molar-refractivity contribution is 7.89. The molecule has 6 nitrogen and oxygen atoms in total. The highest BCUT2D eigenvalue weighted by Crippen LogP contribution is 2.31. The zero-order valence-corrected chi connectivity index (χ0v) is 20.1. The molecule has 0 spiro atoms. The summed E-state index contributed by atoms with van der Waals surface area (Å²) in [5.74, 6) is -0.371. The maximum Gasteiger partial charge on any atom is 0.255 e. The molecule has 0 aliphatic rings. The molecule has 3 aromatic carbocycles. The number of benzene rings is 3. The van der Waals surface area contributed by atoms with Gasteiger partial charge in [-0.2, -0.15) is 0 Å². The van der Waals surface area contributed by atoms with Crippen molar-refractivity contribution in [3.63, 3.8) is 0 Å². The second kappa shape index (κ2) is 9.82. The maximum absolute atomic E-state index is 12.7. The van der Waals surface area contributed by atoms with Gasteiger partial charge in [0.15, 0.2) is 0 Å². The molecule has 1 aromatic heterocycles. The minimum atomic E-state index is -3.65. The molecule has 0 fully saturated rings. The third-order valence-corrected chi connectivity index (χ3v) is 7.69. The first-order valence-corrected chi connectivity index (χ1v) is 13.0. The van der Waals surface area contributed by atoms with Crippen LogP contribution >= 0.6 is 11.3 Å². The van der Waals surface area contributed by atoms with Crippen LogP contribution in [-0.4, -0.2) is 25.9 Å². The quantitative estimate of drug-likeness (QED) is 0.322. The Bertz CT molecular complexity index is 1390. The number of aryl methyl sites for hydroxylation is 1. The van der Waals surface area contributed by atoms with E-state index in [-0.39, 0.29) is 16.4 Å². The summed E-state index contributed by atoms with van der Waals surface area (Å²) in [6.07, 6.45) is 1.65. The first-order chi connectivity index (χ1) is 15.9. The predicted molar refractivity (Wildman–Crippen MR) is 134 cm³/mol. The standard InChI is InChI=1S/C25H25N3O3S2/c1-3-4-14-26-33(30,31)21-7-5-6-19(16-21)24(29)27-20-11-9-18(10-12-20)25-28-22-13-8-17(2)15-23(22)32-25/h5-13,15-16,26H,3-4,14H2,1-2H3,(H,27,29). The second-order valence-corrected chi connectivity index (χ2v) is 10.6. The van der Waals surface area contributed by atoms with Crippen LogP contribution in [0.4, 0.5) is 5.69 Å². The van der Waals surface area contributed by atoms with Crippen LogP contribution in [0.3, 0.4) is 0 Å². The number of amides is 1. The molecule has 8 heteroatoms. The summed E-state index contributed by atoms with van der Waals surface area (Å²) in [7, 11) is -3.65. The van der Waals surface area contributed by atoms with Gasteiger partial charge in [-0.3, -0.25) is 4.79 Å². The average Bonchev–Trinajstić information content (AvgIpc) is 3.23. The molecule has 4 rings (SSSR count). The molecule has 33 heavy (non-hydrogen) atoms. The molecular weight excluding hydrogens is 454 g/mol. The number of fused-ring (bicyclic) bond motifs is 1. The van der Waals surface area contributed by atoms with Gasteiger partial charge in [0.1, 0.15) is 5.01 Å². The number of aromatic nitrogens is 1. The smallest absolute Gasteiger partial charge is 0.255 e. The van der Waals surface area contributed by atoms with Crippen molar-refractivity contribution in [3.05, 3.63) is 77.9 Å². The molecule has 4 aromatic rings. The Labute approximate surface area is 197 Å². The van der Waals surface area contributed by atoms with Crippen molar-refractivity contribution in [2.75, 3.05) is 11.9 Å². The first-order valence-electron chi connectivity index (χ1n) is 10.7. The van der Waals surface area contributed by atoms with Crippen molar-refractivity contribution in [1.82, 2.24) is 9.71 Å². The SMILES string of the molecule is CCCCNS(=O)(=O)c1cccc(C(=O)Nc2ccc(-c3nc4ccc(C)cc4s3)cc2)c1. The van der Waals surface area contributed by atoms with Gasteiger partial charge in [0.2, 0.25) is 10.0 Å². The third-order valence-electron chi connectivity index (χ3n) is 5.16.